The summed E-state index contributed by atoms with van der Waals surface area (Å²) in [6.45, 7) is 1.35. The molecule has 6 nitrogen and oxygen atoms in total. The summed E-state index contributed by atoms with van der Waals surface area (Å²) in [5.74, 6) is -0.312. The van der Waals surface area contributed by atoms with Crippen molar-refractivity contribution in [2.45, 2.75) is 31.8 Å². The predicted octanol–water partition coefficient (Wildman–Crippen LogP) is 3.72. The van der Waals surface area contributed by atoms with E-state index in [4.69, 9.17) is 5.11 Å². The number of aliphatic hydroxyl groups is 1. The van der Waals surface area contributed by atoms with Crippen LogP contribution in [0, 0.1) is 6.92 Å². The maximum atomic E-state index is 13.5. The van der Waals surface area contributed by atoms with Gasteiger partial charge in [0.1, 0.15) is 16.5 Å². The van der Waals surface area contributed by atoms with Gasteiger partial charge in [-0.15, -0.1) is 11.3 Å². The van der Waals surface area contributed by atoms with Gasteiger partial charge in [-0.1, -0.05) is 18.2 Å². The zero-order valence-electron chi connectivity index (χ0n) is 15.8. The average molecular weight is 405 g/mol. The summed E-state index contributed by atoms with van der Waals surface area (Å²) in [4.78, 5) is 36.9. The van der Waals surface area contributed by atoms with Crippen molar-refractivity contribution >= 4 is 23.0 Å². The number of thiazole rings is 1. The van der Waals surface area contributed by atoms with E-state index in [1.54, 1.807) is 12.3 Å². The van der Waals surface area contributed by atoms with Crippen molar-refractivity contribution in [2.24, 2.45) is 0 Å². The van der Waals surface area contributed by atoms with Gasteiger partial charge in [0.25, 0.3) is 5.91 Å². The van der Waals surface area contributed by atoms with Crippen LogP contribution in [0.3, 0.4) is 0 Å². The van der Waals surface area contributed by atoms with Gasteiger partial charge in [-0.05, 0) is 49.1 Å². The van der Waals surface area contributed by atoms with Crippen LogP contribution in [-0.2, 0) is 0 Å². The number of aromatic nitrogens is 2. The minimum absolute atomic E-state index is 0.0130. The van der Waals surface area contributed by atoms with E-state index in [2.05, 4.69) is 9.97 Å². The molecule has 2 unspecified atom stereocenters. The predicted molar refractivity (Wildman–Crippen MR) is 109 cm³/mol. The molecule has 1 fully saturated rings. The van der Waals surface area contributed by atoms with Gasteiger partial charge >= 0.3 is 0 Å². The number of benzene rings is 1. The molecule has 29 heavy (non-hydrogen) atoms. The summed E-state index contributed by atoms with van der Waals surface area (Å²) in [5.41, 5.74) is 4.11. The monoisotopic (exact) mass is 405 g/mol. The van der Waals surface area contributed by atoms with Crippen molar-refractivity contribution in [1.82, 2.24) is 14.9 Å². The van der Waals surface area contributed by atoms with Crippen LogP contribution in [0.4, 0.5) is 0 Å². The summed E-state index contributed by atoms with van der Waals surface area (Å²) < 4.78 is 0. The zero-order valence-corrected chi connectivity index (χ0v) is 16.6. The Kier molecular flexibility index (Phi) is 4.29. The fourth-order valence-corrected chi connectivity index (χ4v) is 5.43. The summed E-state index contributed by atoms with van der Waals surface area (Å²) in [6.07, 6.45) is 3.52. The number of rotatable bonds is 4. The van der Waals surface area contributed by atoms with E-state index >= 15 is 0 Å². The van der Waals surface area contributed by atoms with Crippen LogP contribution in [0.15, 0.2) is 42.6 Å². The second-order valence-corrected chi connectivity index (χ2v) is 8.39. The third-order valence-electron chi connectivity index (χ3n) is 5.76. The van der Waals surface area contributed by atoms with Crippen molar-refractivity contribution in [2.75, 3.05) is 6.61 Å². The Morgan fingerprint density at radius 1 is 1.17 bits per heavy atom. The number of carbonyl (C=O) groups is 2. The molecule has 0 radical (unpaired) electrons. The van der Waals surface area contributed by atoms with Crippen LogP contribution in [0.2, 0.25) is 0 Å². The van der Waals surface area contributed by atoms with E-state index in [0.717, 1.165) is 34.7 Å². The Bertz CT molecular complexity index is 1130. The molecule has 5 rings (SSSR count). The second-order valence-electron chi connectivity index (χ2n) is 7.39. The van der Waals surface area contributed by atoms with Crippen LogP contribution in [-0.4, -0.2) is 38.3 Å². The van der Waals surface area contributed by atoms with Crippen molar-refractivity contribution in [1.29, 1.82) is 0 Å². The van der Waals surface area contributed by atoms with E-state index in [1.807, 2.05) is 42.2 Å². The van der Waals surface area contributed by atoms with Gasteiger partial charge < -0.3 is 10.0 Å². The standard InChI is InChI=1S/C22H19N3O3S/c1-12-20(29-21(24-12)16-4-2-3-9-23-16)22(28)25-17-7-8-18(25)15-10-13(19(27)11-26)5-6-14(15)17/h2-6,9-10,17-18,26H,7-8,11H2,1H3. The number of ketones is 1. The van der Waals surface area contributed by atoms with Crippen LogP contribution < -0.4 is 0 Å². The summed E-state index contributed by atoms with van der Waals surface area (Å²) >= 11 is 1.38. The fraction of sp³-hybridized carbons (Fsp3) is 0.273. The lowest BCUT2D eigenvalue weighted by atomic mass is 9.90. The average Bonchev–Trinajstić information content (AvgIpc) is 3.45. The number of carbonyl (C=O) groups excluding carboxylic acids is 2. The van der Waals surface area contributed by atoms with Gasteiger partial charge in [-0.3, -0.25) is 14.6 Å². The van der Waals surface area contributed by atoms with Crippen molar-refractivity contribution in [3.05, 3.63) is 69.9 Å². The number of hydrogen-bond acceptors (Lipinski definition) is 6. The first-order valence-corrected chi connectivity index (χ1v) is 10.4. The number of pyridine rings is 1. The number of fused-ring (bicyclic) bond motifs is 5. The van der Waals surface area contributed by atoms with E-state index < -0.39 is 6.61 Å². The van der Waals surface area contributed by atoms with Gasteiger partial charge in [0, 0.05) is 11.8 Å². The first kappa shape index (κ1) is 18.1. The van der Waals surface area contributed by atoms with Gasteiger partial charge in [0.2, 0.25) is 0 Å². The normalized spacial score (nSPS) is 19.4. The molecule has 1 N–H and O–H groups in total. The molecule has 1 amide bonds. The van der Waals surface area contributed by atoms with Gasteiger partial charge in [-0.25, -0.2) is 4.98 Å². The highest BCUT2D eigenvalue weighted by Crippen LogP contribution is 2.54. The zero-order chi connectivity index (χ0) is 20.1. The van der Waals surface area contributed by atoms with Gasteiger partial charge in [-0.2, -0.15) is 0 Å². The fourth-order valence-electron chi connectivity index (χ4n) is 4.45. The first-order valence-electron chi connectivity index (χ1n) is 9.58. The van der Waals surface area contributed by atoms with Crippen molar-refractivity contribution < 1.29 is 14.7 Å². The molecule has 2 aliphatic heterocycles. The summed E-state index contributed by atoms with van der Waals surface area (Å²) in [6, 6.07) is 11.2. The number of nitrogens with zero attached hydrogens (tertiary/aromatic N) is 3. The maximum Gasteiger partial charge on any atom is 0.266 e. The topological polar surface area (TPSA) is 83.4 Å². The SMILES string of the molecule is Cc1nc(-c2ccccn2)sc1C(=O)N1C2CCC1c1cc(C(=O)CO)ccc12. The summed E-state index contributed by atoms with van der Waals surface area (Å²) in [7, 11) is 0. The minimum Gasteiger partial charge on any atom is -0.388 e. The second kappa shape index (κ2) is 6.86. The molecular formula is C22H19N3O3S. The molecule has 0 aliphatic carbocycles. The van der Waals surface area contributed by atoms with Crippen molar-refractivity contribution in [3.63, 3.8) is 0 Å². The lowest BCUT2D eigenvalue weighted by Gasteiger charge is -2.22. The molecule has 1 saturated heterocycles. The lowest BCUT2D eigenvalue weighted by molar-refractivity contribution is 0.0701. The van der Waals surface area contributed by atoms with E-state index in [9.17, 15) is 9.59 Å². The molecule has 146 valence electrons. The molecule has 2 bridgehead atoms. The Hall–Kier alpha value is -2.90. The molecule has 2 aliphatic rings. The lowest BCUT2D eigenvalue weighted by Crippen LogP contribution is -2.27. The third kappa shape index (κ3) is 2.81. The quantitative estimate of drug-likeness (QED) is 0.669. The maximum absolute atomic E-state index is 13.5. The van der Waals surface area contributed by atoms with Crippen LogP contribution in [0.25, 0.3) is 10.7 Å². The number of amides is 1. The molecule has 3 aromatic rings. The first-order chi connectivity index (χ1) is 14.1. The van der Waals surface area contributed by atoms with Gasteiger partial charge in [0.15, 0.2) is 5.78 Å². The van der Waals surface area contributed by atoms with Gasteiger partial charge in [0.05, 0.1) is 23.5 Å². The highest BCUT2D eigenvalue weighted by atomic mass is 32.1. The summed E-state index contributed by atoms with van der Waals surface area (Å²) in [5, 5.41) is 9.90. The minimum atomic E-state index is -0.508. The van der Waals surface area contributed by atoms with E-state index in [0.29, 0.717) is 16.1 Å². The molecule has 0 spiro atoms. The molecular weight excluding hydrogens is 386 g/mol. The van der Waals surface area contributed by atoms with Crippen LogP contribution in [0.5, 0.6) is 0 Å². The largest absolute Gasteiger partial charge is 0.388 e. The van der Waals surface area contributed by atoms with Crippen LogP contribution >= 0.6 is 11.3 Å². The Morgan fingerprint density at radius 2 is 1.97 bits per heavy atom. The van der Waals surface area contributed by atoms with Crippen molar-refractivity contribution in [3.8, 4) is 10.7 Å². The Morgan fingerprint density at radius 3 is 2.69 bits per heavy atom. The molecule has 7 heteroatoms. The molecule has 0 saturated carbocycles. The molecule has 2 aromatic heterocycles. The highest BCUT2D eigenvalue weighted by molar-refractivity contribution is 7.17. The number of Topliss-reactive ketones (excluding diaryl/α,β-unsaturated/α-hetero) is 1. The smallest absolute Gasteiger partial charge is 0.266 e. The highest BCUT2D eigenvalue weighted by Gasteiger charge is 2.47. The number of hydrogen-bond donors (Lipinski definition) is 1. The third-order valence-corrected chi connectivity index (χ3v) is 6.93. The Labute approximate surface area is 171 Å². The van der Waals surface area contributed by atoms with E-state index in [-0.39, 0.29) is 23.8 Å². The molecule has 2 atom stereocenters. The number of aliphatic hydroxyl groups excluding tert-OH is 1. The molecule has 4 heterocycles. The Balaban J connectivity index is 1.49. The van der Waals surface area contributed by atoms with E-state index in [1.165, 1.54) is 11.3 Å². The molecule has 1 aromatic carbocycles. The van der Waals surface area contributed by atoms with Crippen LogP contribution in [0.1, 0.15) is 61.8 Å². The number of aryl methyl sites for hydroxylation is 1.